The first-order valence-electron chi connectivity index (χ1n) is 34.6. The summed E-state index contributed by atoms with van der Waals surface area (Å²) in [5, 5.41) is 224. The summed E-state index contributed by atoms with van der Waals surface area (Å²) < 4.78 is 11.6. The third kappa shape index (κ3) is 34.4. The van der Waals surface area contributed by atoms with Gasteiger partial charge in [-0.3, -0.25) is 4.79 Å². The number of Topliss-reactive ketones (excluding diaryl/α,β-unsaturated/α-hetero) is 1. The fourth-order valence-corrected chi connectivity index (χ4v) is 12.4. The van der Waals surface area contributed by atoms with Crippen molar-refractivity contribution in [2.24, 2.45) is 11.8 Å². The van der Waals surface area contributed by atoms with Crippen molar-refractivity contribution in [3.05, 3.63) is 48.6 Å². The minimum Gasteiger partial charge on any atom is -0.394 e. The molecule has 2 saturated heterocycles. The van der Waals surface area contributed by atoms with Crippen LogP contribution in [0.25, 0.3) is 0 Å². The van der Waals surface area contributed by atoms with E-state index < -0.39 is 152 Å². The fraction of sp³-hybridized carbons (Fsp3) is 0.870. The predicted molar refractivity (Wildman–Crippen MR) is 349 cm³/mol. The molecule has 21 N–H and O–H groups in total. The van der Waals surface area contributed by atoms with Crippen LogP contribution in [0, 0.1) is 11.8 Å². The molecule has 0 aliphatic carbocycles. The molecule has 546 valence electrons. The van der Waals surface area contributed by atoms with E-state index in [9.17, 15) is 107 Å². The zero-order valence-electron chi connectivity index (χ0n) is 55.8. The van der Waals surface area contributed by atoms with E-state index in [-0.39, 0.29) is 101 Å². The van der Waals surface area contributed by atoms with Crippen LogP contribution < -0.4 is 0 Å². The first kappa shape index (κ1) is 86.8. The first-order valence-corrected chi connectivity index (χ1v) is 34.6. The van der Waals surface area contributed by atoms with Crippen LogP contribution in [0.15, 0.2) is 48.6 Å². The number of carbonyl (C=O) groups excluding carboxylic acids is 1. The number of aliphatic hydroxyl groups excluding tert-OH is 21. The molecule has 2 rings (SSSR count). The Bertz CT molecular complexity index is 2040. The van der Waals surface area contributed by atoms with Gasteiger partial charge in [-0.2, -0.15) is 0 Å². The summed E-state index contributed by atoms with van der Waals surface area (Å²) in [7, 11) is 0. The van der Waals surface area contributed by atoms with Crippen LogP contribution in [0.3, 0.4) is 0 Å². The minimum absolute atomic E-state index is 0.0125. The van der Waals surface area contributed by atoms with Crippen LogP contribution in [0.5, 0.6) is 0 Å². The number of hydrogen-bond acceptors (Lipinski definition) is 24. The molecule has 24 heteroatoms. The maximum Gasteiger partial charge on any atom is 0.138 e. The third-order valence-corrected chi connectivity index (χ3v) is 18.7. The molecule has 2 heterocycles. The van der Waals surface area contributed by atoms with Gasteiger partial charge in [-0.15, -0.1) is 6.58 Å². The molecular formula is C69H126O24. The number of ether oxygens (including phenoxy) is 2. The van der Waals surface area contributed by atoms with Gasteiger partial charge in [-0.1, -0.05) is 102 Å². The molecule has 11 unspecified atom stereocenters. The Morgan fingerprint density at radius 3 is 1.61 bits per heavy atom. The number of aliphatic hydroxyl groups is 21. The van der Waals surface area contributed by atoms with E-state index in [2.05, 4.69) is 13.2 Å². The van der Waals surface area contributed by atoms with Crippen LogP contribution >= 0.6 is 0 Å². The molecule has 0 bridgehead atoms. The molecule has 2 aliphatic rings. The summed E-state index contributed by atoms with van der Waals surface area (Å²) in [6.07, 6.45) is -13.4. The van der Waals surface area contributed by atoms with E-state index in [0.29, 0.717) is 63.4 Å². The average molecular weight is 1340 g/mol. The van der Waals surface area contributed by atoms with Gasteiger partial charge in [-0.25, -0.2) is 0 Å². The normalized spacial score (nSPS) is 26.7. The zero-order valence-corrected chi connectivity index (χ0v) is 55.8. The molecule has 2 fully saturated rings. The molecule has 26 atom stereocenters. The monoisotopic (exact) mass is 1340 g/mol. The molecule has 2 aliphatic heterocycles. The van der Waals surface area contributed by atoms with Crippen molar-refractivity contribution >= 4 is 5.78 Å². The van der Waals surface area contributed by atoms with E-state index >= 15 is 0 Å². The number of hydrogen-bond donors (Lipinski definition) is 21. The summed E-state index contributed by atoms with van der Waals surface area (Å²) in [6, 6.07) is 0. The molecule has 24 nitrogen and oxygen atoms in total. The number of rotatable bonds is 53. The topological polar surface area (TPSA) is 460 Å². The Labute approximate surface area is 552 Å². The van der Waals surface area contributed by atoms with Crippen LogP contribution in [-0.4, -0.2) is 266 Å². The van der Waals surface area contributed by atoms with Gasteiger partial charge >= 0.3 is 0 Å². The number of allylic oxidation sites excluding steroid dienone is 3. The Hall–Kier alpha value is -2.29. The lowest BCUT2D eigenvalue weighted by Gasteiger charge is -2.42. The summed E-state index contributed by atoms with van der Waals surface area (Å²) in [5.74, 6) is -1.22. The van der Waals surface area contributed by atoms with Gasteiger partial charge in [0.1, 0.15) is 66.8 Å². The van der Waals surface area contributed by atoms with Crippen molar-refractivity contribution < 1.29 is 122 Å². The SMILES string of the molecule is C=CCCCCCCCCCC/C=C/[C@H](O)[C@H](O)[C@@H]1O[C@@H]([C@H](O)[C@H](O)C(=C)CC[C@@H](O)[C@H]2C[C@@H](O)[C@@H](O)[C@H]([C@@H](O)[C@H](O)/C=C(\C)CCC(O)CC(O)C(O)C(C)CC(O)C(O)CC(C)CCC(O)CC(=O)CC(O)CCCC(O)CCCCC(O)CO)O2)C[C@@H](O)[C@H]1O. The van der Waals surface area contributed by atoms with Crippen LogP contribution in [0.4, 0.5) is 0 Å². The number of ketones is 1. The number of unbranched alkanes of at least 4 members (excludes halogenated alkanes) is 10. The van der Waals surface area contributed by atoms with E-state index in [1.54, 1.807) is 19.9 Å². The molecule has 0 spiro atoms. The summed E-state index contributed by atoms with van der Waals surface area (Å²) >= 11 is 0. The second-order valence-corrected chi connectivity index (χ2v) is 27.4. The van der Waals surface area contributed by atoms with Crippen LogP contribution in [0.2, 0.25) is 0 Å². The maximum absolute atomic E-state index is 12.5. The Morgan fingerprint density at radius 1 is 0.516 bits per heavy atom. The fourth-order valence-electron chi connectivity index (χ4n) is 12.4. The summed E-state index contributed by atoms with van der Waals surface area (Å²) in [4.78, 5) is 12.5. The molecule has 0 saturated carbocycles. The summed E-state index contributed by atoms with van der Waals surface area (Å²) in [6.45, 7) is 12.3. The highest BCUT2D eigenvalue weighted by molar-refractivity contribution is 5.79. The average Bonchev–Trinajstić information content (AvgIpc) is 0.835. The van der Waals surface area contributed by atoms with E-state index in [0.717, 1.165) is 38.5 Å². The van der Waals surface area contributed by atoms with E-state index in [1.165, 1.54) is 31.4 Å². The van der Waals surface area contributed by atoms with Crippen molar-refractivity contribution in [1.29, 1.82) is 0 Å². The standard InChI is InChI=1S/C69H126O24/c1-6-7-8-9-10-11-12-13-14-15-16-17-25-52(78)63(87)68-66(90)58(84)39-60(93-68)67(91)62(86)43(4)28-31-51(77)59-38-57(83)65(89)69(92-59)64(88)55(81)33-42(3)27-30-48(74)37-56(82)61(85)44(5)34-54(80)53(79)32-41(2)26-29-47(73)36-50(76)35-46(72)24-20-23-45(71)21-18-19-22-49(75)40-70/h6,17,25,33,41,44-49,51-75,77-91H,1,4,7-16,18-24,26-32,34-40H2,2-3,5H3/b25-17+,42-33+/t41?,44?,45?,46?,47?,48?,49?,51-,52+,53?,54?,55-,56?,57-,58-,59-,60-,61?,62-,63+,64+,65-,66-,67+,68+,69+/m1/s1. The van der Waals surface area contributed by atoms with Crippen LogP contribution in [-0.2, 0) is 14.3 Å². The van der Waals surface area contributed by atoms with E-state index in [1.807, 2.05) is 13.0 Å². The van der Waals surface area contributed by atoms with Gasteiger partial charge in [-0.05, 0) is 133 Å². The van der Waals surface area contributed by atoms with Gasteiger partial charge in [0.25, 0.3) is 0 Å². The lowest BCUT2D eigenvalue weighted by Crippen LogP contribution is -2.59. The second-order valence-electron chi connectivity index (χ2n) is 27.4. The Balaban J connectivity index is 1.78. The molecule has 0 radical (unpaired) electrons. The molecule has 0 aromatic carbocycles. The highest BCUT2D eigenvalue weighted by Crippen LogP contribution is 2.32. The molecule has 0 aromatic heterocycles. The van der Waals surface area contributed by atoms with Crippen LogP contribution in [0.1, 0.15) is 213 Å². The first-order chi connectivity index (χ1) is 43.9. The lowest BCUT2D eigenvalue weighted by atomic mass is 9.86. The molecule has 0 aromatic rings. The quantitative estimate of drug-likeness (QED) is 0.0303. The van der Waals surface area contributed by atoms with Gasteiger partial charge < -0.3 is 117 Å². The van der Waals surface area contributed by atoms with Crippen molar-refractivity contribution in [1.82, 2.24) is 0 Å². The van der Waals surface area contributed by atoms with Gasteiger partial charge in [0.15, 0.2) is 0 Å². The van der Waals surface area contributed by atoms with Gasteiger partial charge in [0, 0.05) is 32.1 Å². The summed E-state index contributed by atoms with van der Waals surface area (Å²) in [5.41, 5.74) is 0.477. The second kappa shape index (κ2) is 47.7. The van der Waals surface area contributed by atoms with Crippen molar-refractivity contribution in [2.45, 2.75) is 360 Å². The third-order valence-electron chi connectivity index (χ3n) is 18.7. The smallest absolute Gasteiger partial charge is 0.138 e. The zero-order chi connectivity index (χ0) is 69.9. The van der Waals surface area contributed by atoms with E-state index in [4.69, 9.17) is 14.6 Å². The highest BCUT2D eigenvalue weighted by atomic mass is 16.6. The molecule has 93 heavy (non-hydrogen) atoms. The molecule has 0 amide bonds. The lowest BCUT2D eigenvalue weighted by molar-refractivity contribution is -0.234. The minimum atomic E-state index is -1.83. The highest BCUT2D eigenvalue weighted by Gasteiger charge is 2.47. The van der Waals surface area contributed by atoms with Crippen molar-refractivity contribution in [3.63, 3.8) is 0 Å². The van der Waals surface area contributed by atoms with Crippen molar-refractivity contribution in [3.8, 4) is 0 Å². The Kier molecular flexibility index (Phi) is 44.5. The predicted octanol–water partition coefficient (Wildman–Crippen LogP) is 1.52. The number of carbonyl (C=O) groups is 1. The Morgan fingerprint density at radius 2 is 1.02 bits per heavy atom. The van der Waals surface area contributed by atoms with Gasteiger partial charge in [0.05, 0.1) is 92.1 Å². The van der Waals surface area contributed by atoms with Crippen molar-refractivity contribution in [2.75, 3.05) is 6.61 Å². The van der Waals surface area contributed by atoms with Gasteiger partial charge in [0.2, 0.25) is 0 Å². The molecular weight excluding hydrogens is 1210 g/mol. The largest absolute Gasteiger partial charge is 0.394 e. The maximum atomic E-state index is 12.5.